The zero-order chi connectivity index (χ0) is 13.0. The SMILES string of the molecule is COc1ccc(Br)c(NC(=O)C(C)C(C)C)c1. The van der Waals surface area contributed by atoms with Gasteiger partial charge >= 0.3 is 0 Å². The highest BCUT2D eigenvalue weighted by Crippen LogP contribution is 2.27. The predicted molar refractivity (Wildman–Crippen MR) is 73.3 cm³/mol. The van der Waals surface area contributed by atoms with E-state index < -0.39 is 0 Å². The van der Waals surface area contributed by atoms with E-state index in [9.17, 15) is 4.79 Å². The maximum absolute atomic E-state index is 11.9. The van der Waals surface area contributed by atoms with Crippen molar-refractivity contribution in [2.24, 2.45) is 11.8 Å². The third-order valence-corrected chi connectivity index (χ3v) is 3.54. The van der Waals surface area contributed by atoms with Crippen LogP contribution in [0.1, 0.15) is 20.8 Å². The Morgan fingerprint density at radius 2 is 2.00 bits per heavy atom. The molecular weight excluding hydrogens is 282 g/mol. The van der Waals surface area contributed by atoms with E-state index in [0.717, 1.165) is 15.9 Å². The molecule has 1 atom stereocenters. The molecule has 0 bridgehead atoms. The summed E-state index contributed by atoms with van der Waals surface area (Å²) in [6.07, 6.45) is 0. The van der Waals surface area contributed by atoms with Crippen LogP contribution in [0.15, 0.2) is 22.7 Å². The van der Waals surface area contributed by atoms with E-state index in [1.807, 2.05) is 32.9 Å². The fraction of sp³-hybridized carbons (Fsp3) is 0.462. The molecular formula is C13H18BrNO2. The first-order valence-electron chi connectivity index (χ1n) is 5.60. The van der Waals surface area contributed by atoms with Gasteiger partial charge in [0.15, 0.2) is 0 Å². The zero-order valence-electron chi connectivity index (χ0n) is 10.6. The second-order valence-corrected chi connectivity index (χ2v) is 5.22. The van der Waals surface area contributed by atoms with Gasteiger partial charge in [-0.05, 0) is 34.0 Å². The highest BCUT2D eigenvalue weighted by molar-refractivity contribution is 9.10. The van der Waals surface area contributed by atoms with Gasteiger partial charge in [-0.2, -0.15) is 0 Å². The molecule has 1 N–H and O–H groups in total. The predicted octanol–water partition coefficient (Wildman–Crippen LogP) is 3.69. The van der Waals surface area contributed by atoms with Crippen molar-refractivity contribution in [1.82, 2.24) is 0 Å². The van der Waals surface area contributed by atoms with Crippen molar-refractivity contribution < 1.29 is 9.53 Å². The molecule has 0 aliphatic carbocycles. The normalized spacial score (nSPS) is 12.4. The van der Waals surface area contributed by atoms with Gasteiger partial charge in [-0.15, -0.1) is 0 Å². The Morgan fingerprint density at radius 1 is 1.35 bits per heavy atom. The largest absolute Gasteiger partial charge is 0.497 e. The van der Waals surface area contributed by atoms with Crippen molar-refractivity contribution in [2.75, 3.05) is 12.4 Å². The van der Waals surface area contributed by atoms with Crippen LogP contribution < -0.4 is 10.1 Å². The van der Waals surface area contributed by atoms with Gasteiger partial charge in [-0.25, -0.2) is 0 Å². The Morgan fingerprint density at radius 3 is 2.53 bits per heavy atom. The quantitative estimate of drug-likeness (QED) is 0.921. The molecule has 0 aliphatic heterocycles. The smallest absolute Gasteiger partial charge is 0.227 e. The van der Waals surface area contributed by atoms with Gasteiger partial charge in [0.05, 0.1) is 12.8 Å². The van der Waals surface area contributed by atoms with Crippen molar-refractivity contribution >= 4 is 27.5 Å². The number of methoxy groups -OCH3 is 1. The lowest BCUT2D eigenvalue weighted by Gasteiger charge is -2.16. The third kappa shape index (κ3) is 3.73. The van der Waals surface area contributed by atoms with Crippen LogP contribution >= 0.6 is 15.9 Å². The fourth-order valence-electron chi connectivity index (χ4n) is 1.28. The van der Waals surface area contributed by atoms with E-state index in [1.54, 1.807) is 13.2 Å². The van der Waals surface area contributed by atoms with Crippen LogP contribution in [-0.4, -0.2) is 13.0 Å². The van der Waals surface area contributed by atoms with Crippen molar-refractivity contribution in [1.29, 1.82) is 0 Å². The summed E-state index contributed by atoms with van der Waals surface area (Å²) in [4.78, 5) is 11.9. The summed E-state index contributed by atoms with van der Waals surface area (Å²) in [5.41, 5.74) is 0.738. The molecule has 0 radical (unpaired) electrons. The van der Waals surface area contributed by atoms with Crippen LogP contribution in [0.5, 0.6) is 5.75 Å². The first kappa shape index (κ1) is 14.0. The van der Waals surface area contributed by atoms with Gasteiger partial charge in [0, 0.05) is 16.5 Å². The van der Waals surface area contributed by atoms with E-state index in [1.165, 1.54) is 0 Å². The van der Waals surface area contributed by atoms with E-state index in [2.05, 4.69) is 21.2 Å². The fourth-order valence-corrected chi connectivity index (χ4v) is 1.62. The number of rotatable bonds is 4. The van der Waals surface area contributed by atoms with Gasteiger partial charge in [-0.3, -0.25) is 4.79 Å². The first-order valence-corrected chi connectivity index (χ1v) is 6.39. The van der Waals surface area contributed by atoms with Crippen molar-refractivity contribution in [2.45, 2.75) is 20.8 Å². The summed E-state index contributed by atoms with van der Waals surface area (Å²) in [7, 11) is 1.60. The van der Waals surface area contributed by atoms with Gasteiger partial charge < -0.3 is 10.1 Å². The molecule has 3 nitrogen and oxygen atoms in total. The number of ether oxygens (including phenoxy) is 1. The molecule has 1 aromatic carbocycles. The molecule has 0 fully saturated rings. The molecule has 0 saturated heterocycles. The van der Waals surface area contributed by atoms with Crippen LogP contribution in [0.4, 0.5) is 5.69 Å². The Kier molecular flexibility index (Phi) is 5.00. The molecule has 94 valence electrons. The summed E-state index contributed by atoms with van der Waals surface area (Å²) in [5, 5.41) is 2.90. The molecule has 0 aromatic heterocycles. The second-order valence-electron chi connectivity index (χ2n) is 4.37. The van der Waals surface area contributed by atoms with Crippen LogP contribution in [0, 0.1) is 11.8 Å². The topological polar surface area (TPSA) is 38.3 Å². The molecule has 1 amide bonds. The molecule has 0 aliphatic rings. The lowest BCUT2D eigenvalue weighted by molar-refractivity contribution is -0.120. The highest BCUT2D eigenvalue weighted by Gasteiger charge is 2.17. The number of benzene rings is 1. The van der Waals surface area contributed by atoms with Crippen molar-refractivity contribution in [3.8, 4) is 5.75 Å². The molecule has 1 aromatic rings. The average Bonchev–Trinajstić information content (AvgIpc) is 2.30. The molecule has 1 rings (SSSR count). The molecule has 0 spiro atoms. The zero-order valence-corrected chi connectivity index (χ0v) is 12.2. The number of carbonyl (C=O) groups is 1. The molecule has 4 heteroatoms. The van der Waals surface area contributed by atoms with E-state index >= 15 is 0 Å². The minimum atomic E-state index is -0.0203. The maximum atomic E-state index is 11.9. The first-order chi connectivity index (χ1) is 7.95. The van der Waals surface area contributed by atoms with Gasteiger partial charge in [0.25, 0.3) is 0 Å². The minimum Gasteiger partial charge on any atom is -0.497 e. The Balaban J connectivity index is 2.84. The Labute approximate surface area is 111 Å². The van der Waals surface area contributed by atoms with E-state index in [0.29, 0.717) is 5.92 Å². The van der Waals surface area contributed by atoms with Gasteiger partial charge in [0.1, 0.15) is 5.75 Å². The Hall–Kier alpha value is -1.03. The van der Waals surface area contributed by atoms with Crippen LogP contribution in [0.2, 0.25) is 0 Å². The van der Waals surface area contributed by atoms with Crippen LogP contribution in [0.25, 0.3) is 0 Å². The van der Waals surface area contributed by atoms with Crippen LogP contribution in [0.3, 0.4) is 0 Å². The number of amides is 1. The molecule has 17 heavy (non-hydrogen) atoms. The van der Waals surface area contributed by atoms with Gasteiger partial charge in [0.2, 0.25) is 5.91 Å². The summed E-state index contributed by atoms with van der Waals surface area (Å²) >= 11 is 3.40. The monoisotopic (exact) mass is 299 g/mol. The molecule has 0 heterocycles. The number of hydrogen-bond acceptors (Lipinski definition) is 2. The highest BCUT2D eigenvalue weighted by atomic mass is 79.9. The number of carbonyl (C=O) groups excluding carboxylic acids is 1. The standard InChI is InChI=1S/C13H18BrNO2/c1-8(2)9(3)13(16)15-12-7-10(17-4)5-6-11(12)14/h5-9H,1-4H3,(H,15,16). The van der Waals surface area contributed by atoms with Crippen molar-refractivity contribution in [3.63, 3.8) is 0 Å². The van der Waals surface area contributed by atoms with E-state index in [4.69, 9.17) is 4.74 Å². The molecule has 0 saturated carbocycles. The molecule has 1 unspecified atom stereocenters. The maximum Gasteiger partial charge on any atom is 0.227 e. The van der Waals surface area contributed by atoms with Crippen molar-refractivity contribution in [3.05, 3.63) is 22.7 Å². The lowest BCUT2D eigenvalue weighted by atomic mass is 9.97. The number of hydrogen-bond donors (Lipinski definition) is 1. The van der Waals surface area contributed by atoms with E-state index in [-0.39, 0.29) is 11.8 Å². The lowest BCUT2D eigenvalue weighted by Crippen LogP contribution is -2.24. The average molecular weight is 300 g/mol. The minimum absolute atomic E-state index is 0.0203. The summed E-state index contributed by atoms with van der Waals surface area (Å²) < 4.78 is 5.98. The number of anilines is 1. The Bertz CT molecular complexity index is 404. The number of halogens is 1. The van der Waals surface area contributed by atoms with Crippen LogP contribution in [-0.2, 0) is 4.79 Å². The van der Waals surface area contributed by atoms with Gasteiger partial charge in [-0.1, -0.05) is 20.8 Å². The summed E-state index contributed by atoms with van der Waals surface area (Å²) in [6, 6.07) is 5.50. The third-order valence-electron chi connectivity index (χ3n) is 2.84. The summed E-state index contributed by atoms with van der Waals surface area (Å²) in [6.45, 7) is 5.99. The second kappa shape index (κ2) is 6.05. The summed E-state index contributed by atoms with van der Waals surface area (Å²) in [5.74, 6) is 1.04. The number of nitrogens with one attached hydrogen (secondary N) is 1.